The van der Waals surface area contributed by atoms with Crippen LogP contribution in [-0.2, 0) is 4.79 Å². The van der Waals surface area contributed by atoms with Crippen molar-refractivity contribution in [3.8, 4) is 0 Å². The van der Waals surface area contributed by atoms with Gasteiger partial charge in [-0.05, 0) is 52.5 Å². The number of hydrogen-bond acceptors (Lipinski definition) is 3. The molecule has 1 rings (SSSR count). The third-order valence-electron chi connectivity index (χ3n) is 4.94. The number of hydrogen-bond donors (Lipinski definition) is 1. The van der Waals surface area contributed by atoms with E-state index < -0.39 is 0 Å². The fourth-order valence-electron chi connectivity index (χ4n) is 2.81. The van der Waals surface area contributed by atoms with Crippen molar-refractivity contribution in [2.75, 3.05) is 27.2 Å². The highest BCUT2D eigenvalue weighted by Crippen LogP contribution is 2.35. The van der Waals surface area contributed by atoms with E-state index in [9.17, 15) is 4.79 Å². The summed E-state index contributed by atoms with van der Waals surface area (Å²) < 4.78 is 0. The second kappa shape index (κ2) is 6.71. The molecular weight excluding hydrogens is 238 g/mol. The van der Waals surface area contributed by atoms with Crippen molar-refractivity contribution < 1.29 is 4.79 Å². The van der Waals surface area contributed by atoms with Gasteiger partial charge >= 0.3 is 0 Å². The van der Waals surface area contributed by atoms with E-state index >= 15 is 0 Å². The SMILES string of the molecule is CC1CCC(CN)(N(C)CC(=O)N(C)C(C)C)CC1. The smallest absolute Gasteiger partial charge is 0.236 e. The van der Waals surface area contributed by atoms with Crippen LogP contribution in [0.5, 0.6) is 0 Å². The summed E-state index contributed by atoms with van der Waals surface area (Å²) in [5, 5.41) is 0. The van der Waals surface area contributed by atoms with Gasteiger partial charge in [0.2, 0.25) is 5.91 Å². The second-order valence-corrected chi connectivity index (χ2v) is 6.57. The molecule has 0 aromatic heterocycles. The summed E-state index contributed by atoms with van der Waals surface area (Å²) in [6.07, 6.45) is 4.66. The van der Waals surface area contributed by atoms with Gasteiger partial charge in [-0.25, -0.2) is 0 Å². The van der Waals surface area contributed by atoms with Crippen LogP contribution in [0.2, 0.25) is 0 Å². The Bertz CT molecular complexity index is 296. The van der Waals surface area contributed by atoms with Crippen molar-refractivity contribution in [2.45, 2.75) is 58.0 Å². The number of likely N-dealkylation sites (N-methyl/N-ethyl adjacent to an activating group) is 2. The Labute approximate surface area is 118 Å². The average Bonchev–Trinajstić information content (AvgIpc) is 2.38. The van der Waals surface area contributed by atoms with Gasteiger partial charge < -0.3 is 10.6 Å². The summed E-state index contributed by atoms with van der Waals surface area (Å²) in [5.74, 6) is 0.978. The van der Waals surface area contributed by atoms with Gasteiger partial charge in [-0.1, -0.05) is 6.92 Å². The molecule has 1 aliphatic carbocycles. The maximum Gasteiger partial charge on any atom is 0.236 e. The molecule has 0 spiro atoms. The number of nitrogens with zero attached hydrogens (tertiary/aromatic N) is 2. The van der Waals surface area contributed by atoms with Crippen LogP contribution in [0, 0.1) is 5.92 Å². The Morgan fingerprint density at radius 1 is 1.32 bits per heavy atom. The lowest BCUT2D eigenvalue weighted by Crippen LogP contribution is -2.56. The first kappa shape index (κ1) is 16.4. The van der Waals surface area contributed by atoms with Gasteiger partial charge in [-0.15, -0.1) is 0 Å². The molecule has 0 radical (unpaired) electrons. The molecule has 0 heterocycles. The molecule has 19 heavy (non-hydrogen) atoms. The molecule has 1 saturated carbocycles. The van der Waals surface area contributed by atoms with Gasteiger partial charge in [-0.3, -0.25) is 9.69 Å². The lowest BCUT2D eigenvalue weighted by Gasteiger charge is -2.45. The molecule has 0 aliphatic heterocycles. The predicted molar refractivity (Wildman–Crippen MR) is 80.0 cm³/mol. The fourth-order valence-corrected chi connectivity index (χ4v) is 2.81. The van der Waals surface area contributed by atoms with E-state index in [1.807, 2.05) is 25.8 Å². The molecule has 0 unspecified atom stereocenters. The van der Waals surface area contributed by atoms with E-state index in [1.165, 1.54) is 12.8 Å². The molecule has 0 bridgehead atoms. The number of nitrogens with two attached hydrogens (primary N) is 1. The zero-order chi connectivity index (χ0) is 14.6. The Balaban J connectivity index is 2.64. The molecule has 0 aromatic rings. The maximum atomic E-state index is 12.2. The Hall–Kier alpha value is -0.610. The maximum absolute atomic E-state index is 12.2. The quantitative estimate of drug-likeness (QED) is 0.826. The fraction of sp³-hybridized carbons (Fsp3) is 0.933. The van der Waals surface area contributed by atoms with Gasteiger partial charge in [0.1, 0.15) is 0 Å². The van der Waals surface area contributed by atoms with E-state index in [1.54, 1.807) is 0 Å². The first-order chi connectivity index (χ1) is 8.82. The minimum Gasteiger partial charge on any atom is -0.342 e. The van der Waals surface area contributed by atoms with Crippen LogP contribution in [0.3, 0.4) is 0 Å². The van der Waals surface area contributed by atoms with Gasteiger partial charge in [-0.2, -0.15) is 0 Å². The number of carbonyl (C=O) groups excluding carboxylic acids is 1. The van der Waals surface area contributed by atoms with Crippen molar-refractivity contribution in [1.29, 1.82) is 0 Å². The van der Waals surface area contributed by atoms with Crippen LogP contribution in [0.25, 0.3) is 0 Å². The van der Waals surface area contributed by atoms with Gasteiger partial charge in [0.05, 0.1) is 6.54 Å². The van der Waals surface area contributed by atoms with Gasteiger partial charge in [0, 0.05) is 25.2 Å². The minimum atomic E-state index is 0.0278. The number of amides is 1. The highest BCUT2D eigenvalue weighted by atomic mass is 16.2. The van der Waals surface area contributed by atoms with Crippen LogP contribution in [0.4, 0.5) is 0 Å². The van der Waals surface area contributed by atoms with Gasteiger partial charge in [0.25, 0.3) is 0 Å². The van der Waals surface area contributed by atoms with Crippen LogP contribution in [0.1, 0.15) is 46.5 Å². The molecule has 1 aliphatic rings. The van der Waals surface area contributed by atoms with Crippen LogP contribution < -0.4 is 5.73 Å². The van der Waals surface area contributed by atoms with Crippen molar-refractivity contribution in [3.63, 3.8) is 0 Å². The molecule has 4 nitrogen and oxygen atoms in total. The highest BCUT2D eigenvalue weighted by Gasteiger charge is 2.37. The second-order valence-electron chi connectivity index (χ2n) is 6.57. The van der Waals surface area contributed by atoms with Crippen LogP contribution in [0.15, 0.2) is 0 Å². The van der Waals surface area contributed by atoms with Crippen molar-refractivity contribution in [1.82, 2.24) is 9.80 Å². The summed E-state index contributed by atoms with van der Waals surface area (Å²) in [5.41, 5.74) is 6.06. The summed E-state index contributed by atoms with van der Waals surface area (Å²) in [7, 11) is 3.92. The van der Waals surface area contributed by atoms with Gasteiger partial charge in [0.15, 0.2) is 0 Å². The number of rotatable bonds is 5. The van der Waals surface area contributed by atoms with Crippen LogP contribution >= 0.6 is 0 Å². The van der Waals surface area contributed by atoms with Crippen molar-refractivity contribution in [2.24, 2.45) is 11.7 Å². The Kier molecular flexibility index (Phi) is 5.81. The standard InChI is InChI=1S/C15H31N3O/c1-12(2)18(5)14(19)10-17(4)15(11-16)8-6-13(3)7-9-15/h12-13H,6-11,16H2,1-5H3. The van der Waals surface area contributed by atoms with E-state index in [-0.39, 0.29) is 17.5 Å². The predicted octanol–water partition coefficient (Wildman–Crippen LogP) is 1.69. The van der Waals surface area contributed by atoms with E-state index in [0.717, 1.165) is 18.8 Å². The molecule has 1 fully saturated rings. The molecule has 2 N–H and O–H groups in total. The highest BCUT2D eigenvalue weighted by molar-refractivity contribution is 5.78. The largest absolute Gasteiger partial charge is 0.342 e. The Morgan fingerprint density at radius 3 is 2.26 bits per heavy atom. The monoisotopic (exact) mass is 269 g/mol. The molecule has 112 valence electrons. The topological polar surface area (TPSA) is 49.6 Å². The summed E-state index contributed by atoms with van der Waals surface area (Å²) in [6, 6.07) is 0.251. The van der Waals surface area contributed by atoms with Crippen molar-refractivity contribution >= 4 is 5.91 Å². The molecule has 0 aromatic carbocycles. The minimum absolute atomic E-state index is 0.0278. The third kappa shape index (κ3) is 3.93. The molecule has 1 amide bonds. The lowest BCUT2D eigenvalue weighted by molar-refractivity contribution is -0.134. The van der Waals surface area contributed by atoms with E-state index in [0.29, 0.717) is 13.1 Å². The van der Waals surface area contributed by atoms with Crippen LogP contribution in [-0.4, -0.2) is 54.5 Å². The number of carbonyl (C=O) groups is 1. The zero-order valence-electron chi connectivity index (χ0n) is 13.3. The lowest BCUT2D eigenvalue weighted by atomic mass is 9.76. The summed E-state index contributed by atoms with van der Waals surface area (Å²) >= 11 is 0. The van der Waals surface area contributed by atoms with Crippen molar-refractivity contribution in [3.05, 3.63) is 0 Å². The first-order valence-corrected chi connectivity index (χ1v) is 7.49. The summed E-state index contributed by atoms with van der Waals surface area (Å²) in [6.45, 7) is 7.51. The normalized spacial score (nSPS) is 27.9. The average molecular weight is 269 g/mol. The summed E-state index contributed by atoms with van der Waals surface area (Å²) in [4.78, 5) is 16.2. The Morgan fingerprint density at radius 2 is 1.84 bits per heavy atom. The third-order valence-corrected chi connectivity index (χ3v) is 4.94. The molecule has 0 atom stereocenters. The van der Waals surface area contributed by atoms with E-state index in [2.05, 4.69) is 18.9 Å². The molecule has 0 saturated heterocycles. The molecular formula is C15H31N3O. The zero-order valence-corrected chi connectivity index (χ0v) is 13.3. The van der Waals surface area contributed by atoms with E-state index in [4.69, 9.17) is 5.73 Å². The first-order valence-electron chi connectivity index (χ1n) is 7.49. The molecule has 4 heteroatoms.